The minimum atomic E-state index is -2.72. The molecule has 1 aromatic carbocycles. The van der Waals surface area contributed by atoms with Gasteiger partial charge in [0.05, 0.1) is 7.11 Å². The summed E-state index contributed by atoms with van der Waals surface area (Å²) >= 11 is 0. The molecule has 1 fully saturated rings. The molecule has 1 heterocycles. The van der Waals surface area contributed by atoms with E-state index in [4.69, 9.17) is 9.84 Å². The van der Waals surface area contributed by atoms with Gasteiger partial charge in [0.1, 0.15) is 12.3 Å². The van der Waals surface area contributed by atoms with Crippen molar-refractivity contribution in [2.75, 3.05) is 26.4 Å². The van der Waals surface area contributed by atoms with Crippen molar-refractivity contribution < 1.29 is 19.2 Å². The normalized spacial score (nSPS) is 24.1. The zero-order valence-electron chi connectivity index (χ0n) is 10.2. The molecule has 98 valence electrons. The average Bonchev–Trinajstić information content (AvgIpc) is 2.72. The lowest BCUT2D eigenvalue weighted by Gasteiger charge is -2.23. The highest BCUT2D eigenvalue weighted by atomic mass is 31.2. The number of aliphatic carboxylic acids is 1. The molecule has 1 saturated heterocycles. The molecular weight excluding hydrogens is 253 g/mol. The largest absolute Gasteiger partial charge is 0.497 e. The first-order chi connectivity index (χ1) is 8.56. The van der Waals surface area contributed by atoms with Crippen molar-refractivity contribution in [2.45, 2.75) is 6.42 Å². The van der Waals surface area contributed by atoms with Crippen LogP contribution in [0.3, 0.4) is 0 Å². The first-order valence-corrected chi connectivity index (χ1v) is 7.61. The van der Waals surface area contributed by atoms with Gasteiger partial charge >= 0.3 is 5.97 Å². The molecule has 0 saturated carbocycles. The molecule has 2 rings (SSSR count). The van der Waals surface area contributed by atoms with Crippen LogP contribution in [0.5, 0.6) is 5.75 Å². The van der Waals surface area contributed by atoms with Crippen LogP contribution in [0.1, 0.15) is 6.42 Å². The molecule has 0 bridgehead atoms. The number of ether oxygens (including phenoxy) is 1. The van der Waals surface area contributed by atoms with Crippen LogP contribution in [0.4, 0.5) is 0 Å². The maximum Gasteiger partial charge on any atom is 0.318 e. The summed E-state index contributed by atoms with van der Waals surface area (Å²) in [6.07, 6.45) is 1.32. The van der Waals surface area contributed by atoms with Crippen LogP contribution in [-0.2, 0) is 9.36 Å². The number of benzene rings is 1. The Morgan fingerprint density at radius 2 is 2.11 bits per heavy atom. The molecule has 1 unspecified atom stereocenters. The molecule has 0 aromatic heterocycles. The Bertz CT molecular complexity index is 485. The maximum atomic E-state index is 12.9. The van der Waals surface area contributed by atoms with Gasteiger partial charge in [-0.1, -0.05) is 0 Å². The quantitative estimate of drug-likeness (QED) is 0.837. The standard InChI is InChI=1S/C12H16NO4P/c1-17-10-3-5-11(6-4-10)18(16)8-2-7-13(18)9-12(14)15/h3-6H,2,7-9H2,1H3,(H,14,15). The Morgan fingerprint density at radius 1 is 1.44 bits per heavy atom. The lowest BCUT2D eigenvalue weighted by atomic mass is 10.3. The van der Waals surface area contributed by atoms with Gasteiger partial charge in [-0.15, -0.1) is 0 Å². The van der Waals surface area contributed by atoms with Crippen molar-refractivity contribution in [1.82, 2.24) is 4.67 Å². The lowest BCUT2D eigenvalue weighted by Crippen LogP contribution is -2.27. The van der Waals surface area contributed by atoms with Crippen LogP contribution in [0.2, 0.25) is 0 Å². The van der Waals surface area contributed by atoms with E-state index in [-0.39, 0.29) is 6.54 Å². The highest BCUT2D eigenvalue weighted by molar-refractivity contribution is 7.69. The number of rotatable bonds is 4. The summed E-state index contributed by atoms with van der Waals surface area (Å²) < 4.78 is 19.6. The van der Waals surface area contributed by atoms with E-state index in [2.05, 4.69) is 0 Å². The van der Waals surface area contributed by atoms with Crippen molar-refractivity contribution in [3.05, 3.63) is 24.3 Å². The molecule has 6 heteroatoms. The average molecular weight is 269 g/mol. The fourth-order valence-corrected chi connectivity index (χ4v) is 5.09. The Kier molecular flexibility index (Phi) is 3.73. The monoisotopic (exact) mass is 269 g/mol. The van der Waals surface area contributed by atoms with E-state index in [9.17, 15) is 9.36 Å². The van der Waals surface area contributed by atoms with Crippen molar-refractivity contribution in [3.8, 4) is 5.75 Å². The molecule has 5 nitrogen and oxygen atoms in total. The second-order valence-corrected chi connectivity index (χ2v) is 7.19. The maximum absolute atomic E-state index is 12.9. The number of nitrogens with zero attached hydrogens (tertiary/aromatic N) is 1. The van der Waals surface area contributed by atoms with Crippen LogP contribution < -0.4 is 10.0 Å². The third-order valence-corrected chi connectivity index (χ3v) is 6.41. The highest BCUT2D eigenvalue weighted by Crippen LogP contribution is 2.53. The zero-order chi connectivity index (χ0) is 13.2. The molecule has 1 aliphatic heterocycles. The highest BCUT2D eigenvalue weighted by Gasteiger charge is 2.38. The fourth-order valence-electron chi connectivity index (χ4n) is 2.23. The summed E-state index contributed by atoms with van der Waals surface area (Å²) in [5.41, 5.74) is 0. The summed E-state index contributed by atoms with van der Waals surface area (Å²) in [7, 11) is -1.15. The minimum Gasteiger partial charge on any atom is -0.497 e. The molecule has 1 aromatic rings. The minimum absolute atomic E-state index is 0.163. The topological polar surface area (TPSA) is 66.8 Å². The zero-order valence-corrected chi connectivity index (χ0v) is 11.1. The second-order valence-electron chi connectivity index (χ2n) is 4.26. The van der Waals surface area contributed by atoms with E-state index in [0.717, 1.165) is 6.42 Å². The summed E-state index contributed by atoms with van der Waals surface area (Å²) in [6, 6.07) is 7.04. The van der Waals surface area contributed by atoms with E-state index < -0.39 is 13.3 Å². The van der Waals surface area contributed by atoms with Crippen LogP contribution in [0.25, 0.3) is 0 Å². The van der Waals surface area contributed by atoms with Crippen molar-refractivity contribution in [3.63, 3.8) is 0 Å². The summed E-state index contributed by atoms with van der Waals surface area (Å²) in [6.45, 7) is 0.416. The predicted octanol–water partition coefficient (Wildman–Crippen LogP) is 1.39. The Labute approximate surface area is 106 Å². The number of methoxy groups -OCH3 is 1. The van der Waals surface area contributed by atoms with E-state index in [1.807, 2.05) is 0 Å². The Balaban J connectivity index is 2.28. The summed E-state index contributed by atoms with van der Waals surface area (Å²) in [5, 5.41) is 9.56. The SMILES string of the molecule is COc1ccc(P2(=O)CCCN2CC(=O)O)cc1. The van der Waals surface area contributed by atoms with Gasteiger partial charge in [0.15, 0.2) is 7.29 Å². The number of carboxylic acids is 1. The smallest absolute Gasteiger partial charge is 0.318 e. The van der Waals surface area contributed by atoms with Crippen LogP contribution in [0, 0.1) is 0 Å². The third-order valence-electron chi connectivity index (χ3n) is 3.13. The van der Waals surface area contributed by atoms with Gasteiger partial charge in [-0.05, 0) is 30.7 Å². The van der Waals surface area contributed by atoms with E-state index >= 15 is 0 Å². The molecule has 1 N–H and O–H groups in total. The Hall–Kier alpha value is -1.32. The molecular formula is C12H16NO4P. The summed E-state index contributed by atoms with van der Waals surface area (Å²) in [5.74, 6) is -0.236. The molecule has 1 atom stereocenters. The number of carboxylic acid groups (broad SMARTS) is 1. The number of hydrogen-bond donors (Lipinski definition) is 1. The van der Waals surface area contributed by atoms with E-state index in [1.165, 1.54) is 0 Å². The first kappa shape index (κ1) is 13.1. The van der Waals surface area contributed by atoms with Crippen LogP contribution in [0.15, 0.2) is 24.3 Å². The number of hydrogen-bond acceptors (Lipinski definition) is 3. The molecule has 0 amide bonds. The van der Waals surface area contributed by atoms with Gasteiger partial charge in [-0.25, -0.2) is 4.67 Å². The van der Waals surface area contributed by atoms with Crippen molar-refractivity contribution in [1.29, 1.82) is 0 Å². The van der Waals surface area contributed by atoms with Crippen molar-refractivity contribution in [2.24, 2.45) is 0 Å². The van der Waals surface area contributed by atoms with E-state index in [0.29, 0.717) is 23.8 Å². The van der Waals surface area contributed by atoms with Gasteiger partial charge in [0.2, 0.25) is 0 Å². The van der Waals surface area contributed by atoms with Crippen LogP contribution in [-0.4, -0.2) is 42.1 Å². The molecule has 18 heavy (non-hydrogen) atoms. The third kappa shape index (κ3) is 2.42. The van der Waals surface area contributed by atoms with Gasteiger partial charge in [0, 0.05) is 18.0 Å². The van der Waals surface area contributed by atoms with Crippen molar-refractivity contribution >= 4 is 18.6 Å². The Morgan fingerprint density at radius 3 is 2.67 bits per heavy atom. The van der Waals surface area contributed by atoms with Gasteiger partial charge in [-0.2, -0.15) is 0 Å². The lowest BCUT2D eigenvalue weighted by molar-refractivity contribution is -0.137. The fraction of sp³-hybridized carbons (Fsp3) is 0.417. The molecule has 0 radical (unpaired) electrons. The van der Waals surface area contributed by atoms with Gasteiger partial charge in [0.25, 0.3) is 0 Å². The molecule has 1 aliphatic rings. The predicted molar refractivity (Wildman–Crippen MR) is 68.9 cm³/mol. The van der Waals surface area contributed by atoms with Gasteiger partial charge < -0.3 is 14.4 Å². The molecule has 0 spiro atoms. The van der Waals surface area contributed by atoms with Gasteiger partial charge in [-0.3, -0.25) is 4.79 Å². The first-order valence-electron chi connectivity index (χ1n) is 5.77. The van der Waals surface area contributed by atoms with Crippen LogP contribution >= 0.6 is 7.29 Å². The summed E-state index contributed by atoms with van der Waals surface area (Å²) in [4.78, 5) is 10.8. The number of carbonyl (C=O) groups is 1. The molecule has 0 aliphatic carbocycles. The second kappa shape index (κ2) is 5.12. The van der Waals surface area contributed by atoms with E-state index in [1.54, 1.807) is 36.0 Å².